The predicted octanol–water partition coefficient (Wildman–Crippen LogP) is 3.32. The fraction of sp³-hybridized carbons (Fsp3) is 0.167. The van der Waals surface area contributed by atoms with Crippen LogP contribution in [0.2, 0.25) is 0 Å². The van der Waals surface area contributed by atoms with Gasteiger partial charge in [0.2, 0.25) is 0 Å². The van der Waals surface area contributed by atoms with E-state index in [0.29, 0.717) is 23.9 Å². The van der Waals surface area contributed by atoms with Crippen molar-refractivity contribution in [3.63, 3.8) is 0 Å². The smallest absolute Gasteiger partial charge is 0.268 e. The van der Waals surface area contributed by atoms with Gasteiger partial charge in [-0.05, 0) is 37.1 Å². The summed E-state index contributed by atoms with van der Waals surface area (Å²) in [5.41, 5.74) is 3.13. The maximum absolute atomic E-state index is 13.0. The summed E-state index contributed by atoms with van der Waals surface area (Å²) in [7, 11) is -3.67. The van der Waals surface area contributed by atoms with Crippen LogP contribution in [0.25, 0.3) is 10.9 Å². The topological polar surface area (TPSA) is 56.1 Å². The second kappa shape index (κ2) is 4.80. The number of nitrogens with zero attached hydrogens (tertiary/aromatic N) is 1. The second-order valence-electron chi connectivity index (χ2n) is 5.89. The van der Waals surface area contributed by atoms with Gasteiger partial charge in [-0.2, -0.15) is 0 Å². The Morgan fingerprint density at radius 2 is 1.74 bits per heavy atom. The SMILES string of the molecule is Cc1ccc(S(=O)(=O)n2cc3c4c(cccc42)C(=O)CC3)cc1. The van der Waals surface area contributed by atoms with Crippen molar-refractivity contribution in [3.8, 4) is 0 Å². The highest BCUT2D eigenvalue weighted by atomic mass is 32.2. The first-order valence-corrected chi connectivity index (χ1v) is 8.91. The maximum atomic E-state index is 13.0. The lowest BCUT2D eigenvalue weighted by Crippen LogP contribution is -2.11. The summed E-state index contributed by atoms with van der Waals surface area (Å²) in [5, 5.41) is 0.777. The lowest BCUT2D eigenvalue weighted by molar-refractivity contribution is 0.0982. The Kier molecular flexibility index (Phi) is 2.96. The van der Waals surface area contributed by atoms with E-state index >= 15 is 0 Å². The molecule has 5 heteroatoms. The molecule has 4 nitrogen and oxygen atoms in total. The highest BCUT2D eigenvalue weighted by Gasteiger charge is 2.26. The van der Waals surface area contributed by atoms with Gasteiger partial charge in [-0.1, -0.05) is 29.8 Å². The molecule has 0 radical (unpaired) electrons. The van der Waals surface area contributed by atoms with Gasteiger partial charge < -0.3 is 0 Å². The van der Waals surface area contributed by atoms with E-state index in [1.54, 1.807) is 48.7 Å². The van der Waals surface area contributed by atoms with E-state index in [-0.39, 0.29) is 10.7 Å². The molecule has 0 bridgehead atoms. The normalized spacial score (nSPS) is 14.4. The monoisotopic (exact) mass is 325 g/mol. The van der Waals surface area contributed by atoms with Gasteiger partial charge >= 0.3 is 0 Å². The van der Waals surface area contributed by atoms with E-state index in [1.807, 2.05) is 6.92 Å². The van der Waals surface area contributed by atoms with Gasteiger partial charge in [0.25, 0.3) is 10.0 Å². The Balaban J connectivity index is 2.01. The lowest BCUT2D eigenvalue weighted by atomic mass is 9.92. The molecule has 0 aliphatic heterocycles. The van der Waals surface area contributed by atoms with Crippen LogP contribution in [0.5, 0.6) is 0 Å². The first-order valence-electron chi connectivity index (χ1n) is 7.47. The summed E-state index contributed by atoms with van der Waals surface area (Å²) in [6.45, 7) is 1.92. The quantitative estimate of drug-likeness (QED) is 0.726. The van der Waals surface area contributed by atoms with Crippen LogP contribution in [0.4, 0.5) is 0 Å². The zero-order chi connectivity index (χ0) is 16.2. The first-order chi connectivity index (χ1) is 11.0. The molecule has 2 aromatic carbocycles. The second-order valence-corrected chi connectivity index (χ2v) is 7.71. The van der Waals surface area contributed by atoms with Crippen LogP contribution in [-0.4, -0.2) is 18.2 Å². The molecule has 1 aromatic heterocycles. The molecule has 1 aliphatic rings. The summed E-state index contributed by atoms with van der Waals surface area (Å²) < 4.78 is 27.3. The number of Topliss-reactive ketones (excluding diaryl/α,β-unsaturated/α-hetero) is 1. The van der Waals surface area contributed by atoms with Crippen molar-refractivity contribution >= 4 is 26.7 Å². The molecule has 1 aliphatic carbocycles. The van der Waals surface area contributed by atoms with Crippen LogP contribution in [0.3, 0.4) is 0 Å². The number of aryl methyl sites for hydroxylation is 2. The molecule has 1 heterocycles. The Morgan fingerprint density at radius 1 is 1.00 bits per heavy atom. The Morgan fingerprint density at radius 3 is 2.48 bits per heavy atom. The van der Waals surface area contributed by atoms with Crippen LogP contribution < -0.4 is 0 Å². The first kappa shape index (κ1) is 14.2. The zero-order valence-electron chi connectivity index (χ0n) is 12.6. The van der Waals surface area contributed by atoms with E-state index in [9.17, 15) is 13.2 Å². The highest BCUT2D eigenvalue weighted by Crippen LogP contribution is 2.33. The summed E-state index contributed by atoms with van der Waals surface area (Å²) in [4.78, 5) is 12.3. The molecule has 4 rings (SSSR count). The van der Waals surface area contributed by atoms with Crippen LogP contribution in [0.15, 0.2) is 53.6 Å². The number of aromatic nitrogens is 1. The van der Waals surface area contributed by atoms with Crippen molar-refractivity contribution in [1.29, 1.82) is 0 Å². The summed E-state index contributed by atoms with van der Waals surface area (Å²) >= 11 is 0. The Labute approximate surface area is 134 Å². The van der Waals surface area contributed by atoms with Crippen molar-refractivity contribution in [2.45, 2.75) is 24.7 Å². The van der Waals surface area contributed by atoms with Gasteiger partial charge in [-0.3, -0.25) is 4.79 Å². The van der Waals surface area contributed by atoms with Gasteiger partial charge in [0.15, 0.2) is 5.78 Å². The fourth-order valence-electron chi connectivity index (χ4n) is 3.16. The van der Waals surface area contributed by atoms with E-state index in [1.165, 1.54) is 3.97 Å². The van der Waals surface area contributed by atoms with Gasteiger partial charge in [-0.15, -0.1) is 0 Å². The maximum Gasteiger partial charge on any atom is 0.268 e. The van der Waals surface area contributed by atoms with E-state index in [4.69, 9.17) is 0 Å². The van der Waals surface area contributed by atoms with Crippen LogP contribution in [0.1, 0.15) is 27.9 Å². The van der Waals surface area contributed by atoms with Gasteiger partial charge in [0.05, 0.1) is 10.4 Å². The standard InChI is InChI=1S/C18H15NO3S/c1-12-5-8-14(9-6-12)23(21,22)19-11-13-7-10-17(20)15-3-2-4-16(19)18(13)15/h2-6,8-9,11H,7,10H2,1H3. The van der Waals surface area contributed by atoms with Crippen molar-refractivity contribution in [1.82, 2.24) is 3.97 Å². The molecule has 116 valence electrons. The molecule has 23 heavy (non-hydrogen) atoms. The molecule has 0 N–H and O–H groups in total. The average molecular weight is 325 g/mol. The molecular formula is C18H15NO3S. The number of benzene rings is 2. The Bertz CT molecular complexity index is 1040. The van der Waals surface area contributed by atoms with Crippen molar-refractivity contribution < 1.29 is 13.2 Å². The van der Waals surface area contributed by atoms with Gasteiger partial charge in [0, 0.05) is 23.6 Å². The molecule has 0 unspecified atom stereocenters. The fourth-order valence-corrected chi connectivity index (χ4v) is 4.55. The van der Waals surface area contributed by atoms with Gasteiger partial charge in [0.1, 0.15) is 0 Å². The van der Waals surface area contributed by atoms with Crippen LogP contribution in [0, 0.1) is 6.92 Å². The molecule has 0 saturated heterocycles. The molecule has 0 spiro atoms. The predicted molar refractivity (Wildman–Crippen MR) is 88.4 cm³/mol. The average Bonchev–Trinajstić information content (AvgIpc) is 2.92. The van der Waals surface area contributed by atoms with Gasteiger partial charge in [-0.25, -0.2) is 12.4 Å². The van der Waals surface area contributed by atoms with Crippen LogP contribution >= 0.6 is 0 Å². The molecule has 0 fully saturated rings. The largest absolute Gasteiger partial charge is 0.294 e. The molecular weight excluding hydrogens is 310 g/mol. The van der Waals surface area contributed by atoms with Crippen molar-refractivity contribution in [3.05, 3.63) is 65.4 Å². The minimum atomic E-state index is -3.67. The number of hydrogen-bond donors (Lipinski definition) is 0. The summed E-state index contributed by atoms with van der Waals surface area (Å²) in [6.07, 6.45) is 2.68. The molecule has 0 saturated carbocycles. The third-order valence-electron chi connectivity index (χ3n) is 4.37. The third kappa shape index (κ3) is 2.04. The number of hydrogen-bond acceptors (Lipinski definition) is 3. The highest BCUT2D eigenvalue weighted by molar-refractivity contribution is 7.90. The lowest BCUT2D eigenvalue weighted by Gasteiger charge is -2.10. The molecule has 3 aromatic rings. The minimum Gasteiger partial charge on any atom is -0.294 e. The third-order valence-corrected chi connectivity index (χ3v) is 6.06. The number of carbonyl (C=O) groups is 1. The van der Waals surface area contributed by atoms with Crippen LogP contribution in [-0.2, 0) is 16.4 Å². The van der Waals surface area contributed by atoms with E-state index < -0.39 is 10.0 Å². The minimum absolute atomic E-state index is 0.0774. The Hall–Kier alpha value is -2.40. The van der Waals surface area contributed by atoms with E-state index in [0.717, 1.165) is 16.5 Å². The molecule has 0 atom stereocenters. The summed E-state index contributed by atoms with van der Waals surface area (Å²) in [6, 6.07) is 12.1. The number of rotatable bonds is 2. The molecule has 0 amide bonds. The zero-order valence-corrected chi connectivity index (χ0v) is 13.4. The van der Waals surface area contributed by atoms with Crippen molar-refractivity contribution in [2.24, 2.45) is 0 Å². The summed E-state index contributed by atoms with van der Waals surface area (Å²) in [5.74, 6) is 0.0774. The van der Waals surface area contributed by atoms with E-state index in [2.05, 4.69) is 0 Å². The number of carbonyl (C=O) groups excluding carboxylic acids is 1. The van der Waals surface area contributed by atoms with Crippen molar-refractivity contribution in [2.75, 3.05) is 0 Å². The number of ketones is 1.